The maximum atomic E-state index is 9.90. The van der Waals surface area contributed by atoms with Crippen LogP contribution in [0.5, 0.6) is 0 Å². The first-order chi connectivity index (χ1) is 15.3. The van der Waals surface area contributed by atoms with Gasteiger partial charge in [0, 0.05) is 6.61 Å². The van der Waals surface area contributed by atoms with Gasteiger partial charge < -0.3 is 19.7 Å². The maximum Gasteiger partial charge on any atom is 0.111 e. The zero-order valence-electron chi connectivity index (χ0n) is 20.7. The quantitative estimate of drug-likeness (QED) is 0.168. The van der Waals surface area contributed by atoms with E-state index in [0.717, 1.165) is 6.42 Å². The highest BCUT2D eigenvalue weighted by Gasteiger charge is 2.35. The van der Waals surface area contributed by atoms with Crippen LogP contribution in [-0.2, 0) is 9.47 Å². The van der Waals surface area contributed by atoms with Gasteiger partial charge in [0.25, 0.3) is 0 Å². The molecular formula is C27H54O4. The van der Waals surface area contributed by atoms with Crippen molar-refractivity contribution in [1.29, 1.82) is 0 Å². The van der Waals surface area contributed by atoms with Gasteiger partial charge >= 0.3 is 0 Å². The molecule has 1 aliphatic heterocycles. The molecule has 0 unspecified atom stereocenters. The van der Waals surface area contributed by atoms with Crippen molar-refractivity contribution in [2.45, 2.75) is 154 Å². The molecule has 0 aromatic rings. The SMILES string of the molecule is CCCCCCCCCCCCCCCCCCCCCCO[C@@H]1CO[C@H](CO)[C@H]1O. The Kier molecular flexibility index (Phi) is 20.2. The predicted octanol–water partition coefficient (Wildman–Crippen LogP) is 6.95. The van der Waals surface area contributed by atoms with Crippen LogP contribution >= 0.6 is 0 Å². The van der Waals surface area contributed by atoms with Crippen LogP contribution in [0.2, 0.25) is 0 Å². The fourth-order valence-corrected chi connectivity index (χ4v) is 4.55. The average Bonchev–Trinajstić information content (AvgIpc) is 3.14. The van der Waals surface area contributed by atoms with Gasteiger partial charge in [-0.25, -0.2) is 0 Å². The number of ether oxygens (including phenoxy) is 2. The van der Waals surface area contributed by atoms with Crippen LogP contribution in [0.4, 0.5) is 0 Å². The average molecular weight is 443 g/mol. The first-order valence-electron chi connectivity index (χ1n) is 13.8. The molecule has 31 heavy (non-hydrogen) atoms. The Hall–Kier alpha value is -0.160. The summed E-state index contributed by atoms with van der Waals surface area (Å²) < 4.78 is 11.0. The molecule has 0 amide bonds. The number of hydrogen-bond donors (Lipinski definition) is 2. The van der Waals surface area contributed by atoms with Crippen LogP contribution in [0.1, 0.15) is 135 Å². The Morgan fingerprint density at radius 3 is 1.39 bits per heavy atom. The molecule has 0 aromatic heterocycles. The summed E-state index contributed by atoms with van der Waals surface area (Å²) in [5, 5.41) is 19.0. The second-order valence-electron chi connectivity index (χ2n) is 9.67. The van der Waals surface area contributed by atoms with Crippen molar-refractivity contribution in [3.05, 3.63) is 0 Å². The van der Waals surface area contributed by atoms with Gasteiger partial charge in [-0.3, -0.25) is 0 Å². The van der Waals surface area contributed by atoms with Crippen molar-refractivity contribution in [3.8, 4) is 0 Å². The lowest BCUT2D eigenvalue weighted by molar-refractivity contribution is -0.0288. The highest BCUT2D eigenvalue weighted by Crippen LogP contribution is 2.18. The summed E-state index contributed by atoms with van der Waals surface area (Å²) in [5.74, 6) is 0. The van der Waals surface area contributed by atoms with Gasteiger partial charge in [0.15, 0.2) is 0 Å². The van der Waals surface area contributed by atoms with E-state index in [1.807, 2.05) is 0 Å². The topological polar surface area (TPSA) is 58.9 Å². The normalized spacial score (nSPS) is 21.2. The monoisotopic (exact) mass is 442 g/mol. The van der Waals surface area contributed by atoms with Crippen molar-refractivity contribution in [2.24, 2.45) is 0 Å². The molecule has 0 radical (unpaired) electrons. The van der Waals surface area contributed by atoms with Crippen molar-refractivity contribution >= 4 is 0 Å². The zero-order chi connectivity index (χ0) is 22.4. The van der Waals surface area contributed by atoms with Crippen LogP contribution in [-0.4, -0.2) is 48.3 Å². The highest BCUT2D eigenvalue weighted by atomic mass is 16.6. The number of aliphatic hydroxyl groups is 2. The minimum atomic E-state index is -0.685. The maximum absolute atomic E-state index is 9.90. The second kappa shape index (κ2) is 21.7. The van der Waals surface area contributed by atoms with Crippen LogP contribution in [0.25, 0.3) is 0 Å². The van der Waals surface area contributed by atoms with E-state index in [9.17, 15) is 5.11 Å². The molecule has 1 rings (SSSR count). The van der Waals surface area contributed by atoms with Crippen LogP contribution in [0.3, 0.4) is 0 Å². The van der Waals surface area contributed by atoms with E-state index in [4.69, 9.17) is 14.6 Å². The van der Waals surface area contributed by atoms with Gasteiger partial charge in [-0.15, -0.1) is 0 Å². The lowest BCUT2D eigenvalue weighted by Gasteiger charge is -2.16. The summed E-state index contributed by atoms with van der Waals surface area (Å²) in [6.07, 6.45) is 26.3. The van der Waals surface area contributed by atoms with Crippen LogP contribution < -0.4 is 0 Å². The molecule has 0 bridgehead atoms. The smallest absolute Gasteiger partial charge is 0.111 e. The molecule has 186 valence electrons. The third-order valence-electron chi connectivity index (χ3n) is 6.75. The summed E-state index contributed by atoms with van der Waals surface area (Å²) in [6.45, 7) is 3.23. The molecule has 1 fully saturated rings. The molecule has 0 spiro atoms. The Bertz CT molecular complexity index is 363. The first kappa shape index (κ1) is 28.9. The van der Waals surface area contributed by atoms with E-state index in [1.165, 1.54) is 122 Å². The number of rotatable bonds is 23. The summed E-state index contributed by atoms with van der Waals surface area (Å²) in [5.41, 5.74) is 0. The Morgan fingerprint density at radius 1 is 0.645 bits per heavy atom. The van der Waals surface area contributed by atoms with Gasteiger partial charge in [-0.05, 0) is 6.42 Å². The fraction of sp³-hybridized carbons (Fsp3) is 1.00. The molecule has 1 aliphatic rings. The molecule has 4 heteroatoms. The van der Waals surface area contributed by atoms with Crippen molar-refractivity contribution in [3.63, 3.8) is 0 Å². The third kappa shape index (κ3) is 16.2. The molecule has 3 atom stereocenters. The van der Waals surface area contributed by atoms with Gasteiger partial charge in [-0.2, -0.15) is 0 Å². The van der Waals surface area contributed by atoms with Crippen molar-refractivity contribution in [1.82, 2.24) is 0 Å². The lowest BCUT2D eigenvalue weighted by Crippen LogP contribution is -2.34. The Labute approximate surface area is 193 Å². The van der Waals surface area contributed by atoms with Gasteiger partial charge in [0.2, 0.25) is 0 Å². The third-order valence-corrected chi connectivity index (χ3v) is 6.75. The summed E-state index contributed by atoms with van der Waals surface area (Å²) >= 11 is 0. The van der Waals surface area contributed by atoms with Crippen molar-refractivity contribution in [2.75, 3.05) is 19.8 Å². The molecule has 0 saturated carbocycles. The minimum absolute atomic E-state index is 0.139. The van der Waals surface area contributed by atoms with E-state index >= 15 is 0 Å². The van der Waals surface area contributed by atoms with Gasteiger partial charge in [-0.1, -0.05) is 129 Å². The molecule has 0 aliphatic carbocycles. The molecule has 1 heterocycles. The summed E-state index contributed by atoms with van der Waals surface area (Å²) in [6, 6.07) is 0. The molecular weight excluding hydrogens is 388 g/mol. The lowest BCUT2D eigenvalue weighted by atomic mass is 10.0. The number of aliphatic hydroxyl groups excluding tert-OH is 2. The highest BCUT2D eigenvalue weighted by molar-refractivity contribution is 4.83. The summed E-state index contributed by atoms with van der Waals surface area (Å²) in [4.78, 5) is 0. The molecule has 2 N–H and O–H groups in total. The van der Waals surface area contributed by atoms with Crippen LogP contribution in [0, 0.1) is 0 Å². The number of unbranched alkanes of at least 4 members (excludes halogenated alkanes) is 19. The van der Waals surface area contributed by atoms with Gasteiger partial charge in [0.05, 0.1) is 13.2 Å². The second-order valence-corrected chi connectivity index (χ2v) is 9.67. The largest absolute Gasteiger partial charge is 0.394 e. The molecule has 1 saturated heterocycles. The Balaban J connectivity index is 1.69. The molecule has 0 aromatic carbocycles. The molecule has 4 nitrogen and oxygen atoms in total. The van der Waals surface area contributed by atoms with E-state index in [0.29, 0.717) is 13.2 Å². The number of hydrogen-bond acceptors (Lipinski definition) is 4. The van der Waals surface area contributed by atoms with E-state index < -0.39 is 12.2 Å². The first-order valence-corrected chi connectivity index (χ1v) is 13.8. The van der Waals surface area contributed by atoms with E-state index in [-0.39, 0.29) is 12.7 Å². The Morgan fingerprint density at radius 2 is 1.03 bits per heavy atom. The van der Waals surface area contributed by atoms with Gasteiger partial charge in [0.1, 0.15) is 18.3 Å². The van der Waals surface area contributed by atoms with E-state index in [1.54, 1.807) is 0 Å². The van der Waals surface area contributed by atoms with Crippen LogP contribution in [0.15, 0.2) is 0 Å². The standard InChI is InChI=1S/C27H54O4/c1-2-3-4-5-6-7-8-9-10-11-12-13-14-15-16-17-18-19-20-21-22-30-26-24-31-25(23-28)27(26)29/h25-29H,2-24H2,1H3/t25-,26-,27-/m1/s1. The van der Waals surface area contributed by atoms with Crippen molar-refractivity contribution < 1.29 is 19.7 Å². The minimum Gasteiger partial charge on any atom is -0.394 e. The van der Waals surface area contributed by atoms with E-state index in [2.05, 4.69) is 6.92 Å². The zero-order valence-corrected chi connectivity index (χ0v) is 20.7. The summed E-state index contributed by atoms with van der Waals surface area (Å²) in [7, 11) is 0. The predicted molar refractivity (Wildman–Crippen MR) is 131 cm³/mol. The fourth-order valence-electron chi connectivity index (χ4n) is 4.55.